The van der Waals surface area contributed by atoms with E-state index in [1.807, 2.05) is 6.92 Å². The number of rotatable bonds is 5. The molecule has 9 heteroatoms. The Balaban J connectivity index is 1.68. The number of halogens is 1. The van der Waals surface area contributed by atoms with Gasteiger partial charge in [-0.15, -0.1) is 0 Å². The van der Waals surface area contributed by atoms with E-state index in [2.05, 4.69) is 30.4 Å². The van der Waals surface area contributed by atoms with Crippen LogP contribution in [0.3, 0.4) is 0 Å². The Bertz CT molecular complexity index is 570. The number of nitrogens with zero attached hydrogens (tertiary/aromatic N) is 6. The van der Waals surface area contributed by atoms with Crippen molar-refractivity contribution in [1.82, 2.24) is 29.7 Å². The average molecular weight is 296 g/mol. The van der Waals surface area contributed by atoms with E-state index in [0.717, 1.165) is 19.4 Å². The standard InChI is InChI=1S/C11H14ClN7O/c1-2-20-8-3-7(4-8)15-10-16-9(12)17-11(18-10)19-6-13-5-14-19/h5-8H,2-4H2,1H3,(H,15,16,17,18). The van der Waals surface area contributed by atoms with Gasteiger partial charge >= 0.3 is 0 Å². The minimum atomic E-state index is 0.119. The summed E-state index contributed by atoms with van der Waals surface area (Å²) in [6.45, 7) is 2.74. The molecule has 2 aromatic rings. The lowest BCUT2D eigenvalue weighted by molar-refractivity contribution is 0.00285. The summed E-state index contributed by atoms with van der Waals surface area (Å²) in [5, 5.41) is 7.31. The van der Waals surface area contributed by atoms with Gasteiger partial charge in [0.2, 0.25) is 11.2 Å². The molecule has 0 aromatic carbocycles. The van der Waals surface area contributed by atoms with Gasteiger partial charge in [-0.25, -0.2) is 4.98 Å². The molecule has 0 amide bonds. The molecule has 0 radical (unpaired) electrons. The molecule has 1 N–H and O–H groups in total. The van der Waals surface area contributed by atoms with Gasteiger partial charge in [0.05, 0.1) is 6.10 Å². The summed E-state index contributed by atoms with van der Waals surface area (Å²) in [5.41, 5.74) is 0. The quantitative estimate of drug-likeness (QED) is 0.882. The van der Waals surface area contributed by atoms with Gasteiger partial charge in [-0.1, -0.05) is 0 Å². The zero-order valence-electron chi connectivity index (χ0n) is 10.9. The van der Waals surface area contributed by atoms with Crippen molar-refractivity contribution in [2.24, 2.45) is 0 Å². The Hall–Kier alpha value is -1.80. The molecule has 8 nitrogen and oxygen atoms in total. The third kappa shape index (κ3) is 2.86. The molecule has 0 aliphatic heterocycles. The highest BCUT2D eigenvalue weighted by molar-refractivity contribution is 6.28. The first-order valence-corrected chi connectivity index (χ1v) is 6.77. The minimum absolute atomic E-state index is 0.119. The molecule has 0 atom stereocenters. The summed E-state index contributed by atoms with van der Waals surface area (Å²) in [6, 6.07) is 0.300. The molecule has 0 saturated heterocycles. The van der Waals surface area contributed by atoms with Gasteiger partial charge in [0, 0.05) is 12.6 Å². The Morgan fingerprint density at radius 2 is 2.25 bits per heavy atom. The zero-order chi connectivity index (χ0) is 13.9. The van der Waals surface area contributed by atoms with Gasteiger partial charge < -0.3 is 10.1 Å². The van der Waals surface area contributed by atoms with Crippen LogP contribution in [0.5, 0.6) is 0 Å². The molecule has 0 spiro atoms. The lowest BCUT2D eigenvalue weighted by Gasteiger charge is -2.35. The van der Waals surface area contributed by atoms with Crippen molar-refractivity contribution >= 4 is 17.5 Å². The van der Waals surface area contributed by atoms with Crippen molar-refractivity contribution in [1.29, 1.82) is 0 Å². The molecular weight excluding hydrogens is 282 g/mol. The van der Waals surface area contributed by atoms with Crippen LogP contribution in [0.4, 0.5) is 5.95 Å². The van der Waals surface area contributed by atoms with E-state index < -0.39 is 0 Å². The molecule has 106 valence electrons. The predicted octanol–water partition coefficient (Wildman–Crippen LogP) is 1.09. The Kier molecular flexibility index (Phi) is 3.75. The van der Waals surface area contributed by atoms with Crippen molar-refractivity contribution in [3.05, 3.63) is 17.9 Å². The lowest BCUT2D eigenvalue weighted by atomic mass is 9.89. The molecule has 1 aliphatic carbocycles. The number of anilines is 1. The molecule has 1 saturated carbocycles. The second-order valence-electron chi connectivity index (χ2n) is 4.46. The lowest BCUT2D eigenvalue weighted by Crippen LogP contribution is -2.41. The van der Waals surface area contributed by atoms with Crippen LogP contribution < -0.4 is 5.32 Å². The predicted molar refractivity (Wildman–Crippen MR) is 71.8 cm³/mol. The van der Waals surface area contributed by atoms with Gasteiger partial charge in [0.15, 0.2) is 0 Å². The smallest absolute Gasteiger partial charge is 0.258 e. The third-order valence-electron chi connectivity index (χ3n) is 3.05. The van der Waals surface area contributed by atoms with E-state index in [4.69, 9.17) is 16.3 Å². The third-order valence-corrected chi connectivity index (χ3v) is 3.22. The maximum Gasteiger partial charge on any atom is 0.258 e. The minimum Gasteiger partial charge on any atom is -0.378 e. The Morgan fingerprint density at radius 3 is 2.95 bits per heavy atom. The van der Waals surface area contributed by atoms with Crippen LogP contribution in [0.1, 0.15) is 19.8 Å². The SMILES string of the molecule is CCOC1CC(Nc2nc(Cl)nc(-n3cncn3)n2)C1. The van der Waals surface area contributed by atoms with Gasteiger partial charge in [-0.3, -0.25) is 0 Å². The van der Waals surface area contributed by atoms with Crippen LogP contribution in [0.25, 0.3) is 5.95 Å². The Labute approximate surface area is 120 Å². The van der Waals surface area contributed by atoms with E-state index in [1.165, 1.54) is 17.3 Å². The average Bonchev–Trinajstić information content (AvgIpc) is 2.89. The van der Waals surface area contributed by atoms with Crippen molar-refractivity contribution in [2.75, 3.05) is 11.9 Å². The van der Waals surface area contributed by atoms with E-state index in [9.17, 15) is 0 Å². The topological polar surface area (TPSA) is 90.6 Å². The van der Waals surface area contributed by atoms with Crippen molar-refractivity contribution in [3.63, 3.8) is 0 Å². The fourth-order valence-corrected chi connectivity index (χ4v) is 2.21. The maximum absolute atomic E-state index is 5.90. The van der Waals surface area contributed by atoms with Gasteiger partial charge in [0.25, 0.3) is 5.95 Å². The van der Waals surface area contributed by atoms with E-state index in [0.29, 0.717) is 24.0 Å². The number of aromatic nitrogens is 6. The fourth-order valence-electron chi connectivity index (χ4n) is 2.06. The number of hydrogen-bond acceptors (Lipinski definition) is 7. The second kappa shape index (κ2) is 5.68. The molecule has 20 heavy (non-hydrogen) atoms. The van der Waals surface area contributed by atoms with E-state index >= 15 is 0 Å². The monoisotopic (exact) mass is 295 g/mol. The van der Waals surface area contributed by atoms with Crippen LogP contribution in [0.2, 0.25) is 5.28 Å². The zero-order valence-corrected chi connectivity index (χ0v) is 11.7. The van der Waals surface area contributed by atoms with Gasteiger partial charge in [-0.2, -0.15) is 24.7 Å². The van der Waals surface area contributed by atoms with E-state index in [-0.39, 0.29) is 5.28 Å². The number of nitrogens with one attached hydrogen (secondary N) is 1. The van der Waals surface area contributed by atoms with Crippen molar-refractivity contribution < 1.29 is 4.74 Å². The van der Waals surface area contributed by atoms with Crippen molar-refractivity contribution in [3.8, 4) is 5.95 Å². The molecule has 0 unspecified atom stereocenters. The second-order valence-corrected chi connectivity index (χ2v) is 4.80. The normalized spacial score (nSPS) is 21.5. The first-order valence-electron chi connectivity index (χ1n) is 6.39. The molecule has 3 rings (SSSR count). The summed E-state index contributed by atoms with van der Waals surface area (Å²) >= 11 is 5.90. The number of hydrogen-bond donors (Lipinski definition) is 1. The summed E-state index contributed by atoms with van der Waals surface area (Å²) < 4.78 is 6.94. The van der Waals surface area contributed by atoms with Crippen LogP contribution in [0, 0.1) is 0 Å². The summed E-state index contributed by atoms with van der Waals surface area (Å²) in [7, 11) is 0. The summed E-state index contributed by atoms with van der Waals surface area (Å²) in [6.07, 6.45) is 5.11. The highest BCUT2D eigenvalue weighted by Crippen LogP contribution is 2.26. The first kappa shape index (κ1) is 13.2. The molecule has 2 heterocycles. The van der Waals surface area contributed by atoms with E-state index in [1.54, 1.807) is 0 Å². The first-order chi connectivity index (χ1) is 9.74. The van der Waals surface area contributed by atoms with Crippen LogP contribution in [-0.2, 0) is 4.74 Å². The highest BCUT2D eigenvalue weighted by atomic mass is 35.5. The molecule has 1 aliphatic rings. The molecule has 0 bridgehead atoms. The van der Waals surface area contributed by atoms with Crippen molar-refractivity contribution in [2.45, 2.75) is 31.9 Å². The highest BCUT2D eigenvalue weighted by Gasteiger charge is 2.30. The Morgan fingerprint density at radius 1 is 1.40 bits per heavy atom. The number of ether oxygens (including phenoxy) is 1. The summed E-state index contributed by atoms with van der Waals surface area (Å²) in [5.74, 6) is 0.779. The fraction of sp³-hybridized carbons (Fsp3) is 0.545. The summed E-state index contributed by atoms with van der Waals surface area (Å²) in [4.78, 5) is 16.2. The van der Waals surface area contributed by atoms with Crippen LogP contribution in [-0.4, -0.2) is 48.5 Å². The van der Waals surface area contributed by atoms with Crippen LogP contribution in [0.15, 0.2) is 12.7 Å². The maximum atomic E-state index is 5.90. The van der Waals surface area contributed by atoms with Gasteiger partial charge in [-0.05, 0) is 31.4 Å². The largest absolute Gasteiger partial charge is 0.378 e. The molecule has 1 fully saturated rings. The molecule has 2 aromatic heterocycles. The van der Waals surface area contributed by atoms with Gasteiger partial charge in [0.1, 0.15) is 12.7 Å². The van der Waals surface area contributed by atoms with Crippen LogP contribution >= 0.6 is 11.6 Å². The molecular formula is C11H14ClN7O.